The molecule has 6 aliphatic heterocycles. The number of hydrogen-bond donors (Lipinski definition) is 2. The van der Waals surface area contributed by atoms with Gasteiger partial charge in [0, 0.05) is 101 Å². The molecule has 5 amide bonds. The molecule has 1 saturated heterocycles. The first-order valence-electron chi connectivity index (χ1n) is 43.4. The third-order valence-corrected chi connectivity index (χ3v) is 25.7. The van der Waals surface area contributed by atoms with Crippen LogP contribution in [0, 0.1) is 59.9 Å². The van der Waals surface area contributed by atoms with Gasteiger partial charge in [-0.05, 0) is 169 Å². The third-order valence-electron chi connectivity index (χ3n) is 25.2. The molecule has 5 aliphatic carbocycles. The summed E-state index contributed by atoms with van der Waals surface area (Å²) >= 11 is 9.55. The fourth-order valence-electron chi connectivity index (χ4n) is 19.1. The first-order chi connectivity index (χ1) is 59.1. The Morgan fingerprint density at radius 3 is 1.28 bits per heavy atom. The minimum absolute atomic E-state index is 0.000391. The van der Waals surface area contributed by atoms with Crippen LogP contribution in [0.2, 0.25) is 0 Å². The Kier molecular flexibility index (Phi) is 38.6. The van der Waals surface area contributed by atoms with Crippen molar-refractivity contribution in [1.29, 1.82) is 0 Å². The molecule has 652 valence electrons. The lowest BCUT2D eigenvalue weighted by atomic mass is 9.85. The molecule has 11 aliphatic rings. The van der Waals surface area contributed by atoms with E-state index in [0.29, 0.717) is 31.5 Å². The maximum absolute atomic E-state index is 13.1. The SMILES string of the molecule is C=C1CN(C(=O)C2CCCCC2)C[C@H]2c3ccccc3CCN12.CCC(C1c2ccccc2C=CN1C(=O)C1CCCCC1)[N+](=O)[O-].O=C(C1CCCCC1)N1C=Cc2ccccc2[C@@H]1C[N+](=O)[O-].O=C(C1CCCCC1)N1C=Cc2ccccc2[C@@H]1C[N+](=O)[O-].O=C(Cl)CCl.O=C(NC[C@@H]1NCCc2ccccc21)C1CCCCC1.O=C=O.O=C=O. The topological polar surface area (TPSA) is 340 Å². The summed E-state index contributed by atoms with van der Waals surface area (Å²) in [5.41, 5.74) is 12.2. The highest BCUT2D eigenvalue weighted by atomic mass is 35.5. The molecule has 5 aromatic rings. The van der Waals surface area contributed by atoms with E-state index in [2.05, 4.69) is 75.5 Å². The van der Waals surface area contributed by atoms with Gasteiger partial charge in [0.25, 0.3) is 0 Å². The summed E-state index contributed by atoms with van der Waals surface area (Å²) in [6.07, 6.45) is 41.0. The Bertz CT molecular complexity index is 4410. The van der Waals surface area contributed by atoms with Crippen LogP contribution >= 0.6 is 23.2 Å². The van der Waals surface area contributed by atoms with Gasteiger partial charge >= 0.3 is 12.3 Å². The zero-order valence-corrected chi connectivity index (χ0v) is 71.4. The molecule has 0 radical (unpaired) electrons. The number of carbonyl (C=O) groups excluding carboxylic acids is 10. The minimum Gasteiger partial charge on any atom is -0.365 e. The van der Waals surface area contributed by atoms with Crippen LogP contribution < -0.4 is 10.6 Å². The Morgan fingerprint density at radius 1 is 0.500 bits per heavy atom. The van der Waals surface area contributed by atoms with E-state index in [0.717, 1.165) is 174 Å². The standard InChI is InChI=1S/C20H26N2O.C19H24N2O3.2C17H20N2O3.C17H24N2O.C2H2Cl2O.2CO2/c1-15-13-21(20(23)17-8-3-2-4-9-17)14-19-18-10-6-5-7-16(18)11-12-22(15)19;1-2-17(21(23)24)18-16-11-7-6-8-14(16)12-13-20(18)19(22)15-9-4-3-5-10-15;2*20-17(14-7-2-1-3-8-14)18-11-10-13-6-4-5-9-15(13)16(18)12-19(21)22;20-17(14-7-2-1-3-8-14)19-12-16-15-9-5-4-6-13(15)10-11-18-16;3-1-2(4)5;2*2-1-3/h5-7,10,17,19H,1-4,8-9,11-14H2;6-8,11-13,15,17-18H,2-5,9-10H2,1H3;2*4-6,9-11,14,16H,1-3,7-8,12H2;4-6,9,14,16,18H,1-3,7-8,10-12H2,(H,19,20);1H2;;/t19-;;3*16-;;;/m0.000.../s1. The first kappa shape index (κ1) is 95.2. The highest BCUT2D eigenvalue weighted by molar-refractivity contribution is 6.67. The second-order valence-corrected chi connectivity index (χ2v) is 33.5. The maximum Gasteiger partial charge on any atom is 0.373 e. The molecule has 26 nitrogen and oxygen atoms in total. The Labute approximate surface area is 724 Å². The lowest BCUT2D eigenvalue weighted by Crippen LogP contribution is -2.52. The monoisotopic (exact) mass is 1710 g/mol. The number of fused-ring (bicyclic) bond motifs is 7. The molecule has 6 fully saturated rings. The number of amides is 5. The number of alkyl halides is 1. The van der Waals surface area contributed by atoms with Crippen LogP contribution in [-0.4, -0.2) is 144 Å². The number of nitrogens with one attached hydrogen (secondary N) is 2. The molecule has 16 rings (SSSR count). The summed E-state index contributed by atoms with van der Waals surface area (Å²) in [4.78, 5) is 148. The largest absolute Gasteiger partial charge is 0.373 e. The molecule has 2 unspecified atom stereocenters. The van der Waals surface area contributed by atoms with E-state index in [-0.39, 0.29) is 105 Å². The summed E-state index contributed by atoms with van der Waals surface area (Å²) in [6, 6.07) is 38.4. The second kappa shape index (κ2) is 49.5. The predicted octanol–water partition coefficient (Wildman–Crippen LogP) is 16.9. The van der Waals surface area contributed by atoms with Gasteiger partial charge in [-0.2, -0.15) is 19.2 Å². The predicted molar refractivity (Wildman–Crippen MR) is 464 cm³/mol. The van der Waals surface area contributed by atoms with Gasteiger partial charge in [0.15, 0.2) is 0 Å². The molecule has 28 heteroatoms. The molecular formula is C94H116Cl2N10O16. The molecule has 122 heavy (non-hydrogen) atoms. The fourth-order valence-corrected chi connectivity index (χ4v) is 19.1. The molecule has 5 aromatic carbocycles. The summed E-state index contributed by atoms with van der Waals surface area (Å²) < 4.78 is 0. The van der Waals surface area contributed by atoms with Crippen LogP contribution in [0.5, 0.6) is 0 Å². The fraction of sp³-hybridized carbons (Fsp3) is 0.511. The number of hydrogen-bond acceptors (Lipinski definition) is 18. The van der Waals surface area contributed by atoms with Crippen molar-refractivity contribution in [3.05, 3.63) is 238 Å². The van der Waals surface area contributed by atoms with Crippen LogP contribution in [0.1, 0.15) is 260 Å². The smallest absolute Gasteiger partial charge is 0.365 e. The van der Waals surface area contributed by atoms with Gasteiger partial charge in [-0.15, -0.1) is 11.6 Å². The average Bonchev–Trinajstić information content (AvgIpc) is 0.778. The number of benzene rings is 5. The molecule has 6 atom stereocenters. The van der Waals surface area contributed by atoms with E-state index in [1.54, 1.807) is 33.3 Å². The van der Waals surface area contributed by atoms with Crippen LogP contribution in [0.25, 0.3) is 18.2 Å². The zero-order valence-electron chi connectivity index (χ0n) is 69.9. The normalized spacial score (nSPS) is 21.0. The number of halogens is 2. The number of rotatable bonds is 15. The lowest BCUT2D eigenvalue weighted by molar-refractivity contribution is -0.531. The minimum atomic E-state index is -0.788. The molecule has 2 N–H and O–H groups in total. The van der Waals surface area contributed by atoms with E-state index >= 15 is 0 Å². The van der Waals surface area contributed by atoms with Crippen LogP contribution in [0.3, 0.4) is 0 Å². The van der Waals surface area contributed by atoms with Crippen molar-refractivity contribution in [3.8, 4) is 0 Å². The van der Waals surface area contributed by atoms with Gasteiger partial charge in [-0.25, -0.2) is 0 Å². The highest BCUT2D eigenvalue weighted by Gasteiger charge is 2.44. The zero-order chi connectivity index (χ0) is 87.5. The van der Waals surface area contributed by atoms with Gasteiger partial charge in [-0.1, -0.05) is 231 Å². The Hall–Kier alpha value is -10.6. The number of carbonyl (C=O) groups is 6. The van der Waals surface area contributed by atoms with Gasteiger partial charge in [0.2, 0.25) is 53.9 Å². The molecule has 0 spiro atoms. The van der Waals surface area contributed by atoms with Gasteiger partial charge in [0.1, 0.15) is 18.1 Å². The first-order valence-corrected chi connectivity index (χ1v) is 44.3. The number of nitro groups is 3. The van der Waals surface area contributed by atoms with Crippen molar-refractivity contribution in [2.75, 3.05) is 51.7 Å². The summed E-state index contributed by atoms with van der Waals surface area (Å²) in [6.45, 7) is 9.89. The van der Waals surface area contributed by atoms with Gasteiger partial charge < -0.3 is 35.1 Å². The van der Waals surface area contributed by atoms with Crippen LogP contribution in [0.4, 0.5) is 0 Å². The van der Waals surface area contributed by atoms with E-state index in [9.17, 15) is 59.1 Å². The Morgan fingerprint density at radius 2 is 0.861 bits per heavy atom. The number of nitrogens with zero attached hydrogens (tertiary/aromatic N) is 8. The summed E-state index contributed by atoms with van der Waals surface area (Å²) in [5.74, 6) is 1.19. The molecular weight excluding hydrogens is 1600 g/mol. The van der Waals surface area contributed by atoms with Crippen molar-refractivity contribution in [2.24, 2.45) is 29.6 Å². The van der Waals surface area contributed by atoms with Crippen LogP contribution in [0.15, 0.2) is 152 Å². The molecule has 5 saturated carbocycles. The third kappa shape index (κ3) is 26.7. The summed E-state index contributed by atoms with van der Waals surface area (Å²) in [7, 11) is 0. The number of piperazine rings is 1. The lowest BCUT2D eigenvalue weighted by Gasteiger charge is -2.48. The van der Waals surface area contributed by atoms with E-state index in [1.807, 2.05) is 97.9 Å². The average molecular weight is 1710 g/mol. The second-order valence-electron chi connectivity index (χ2n) is 32.8. The van der Waals surface area contributed by atoms with E-state index in [1.165, 1.54) is 80.0 Å². The van der Waals surface area contributed by atoms with E-state index < -0.39 is 29.4 Å². The van der Waals surface area contributed by atoms with Crippen LogP contribution in [-0.2, 0) is 60.8 Å². The van der Waals surface area contributed by atoms with Crippen molar-refractivity contribution in [1.82, 2.24) is 35.1 Å². The maximum atomic E-state index is 13.1. The quantitative estimate of drug-likeness (QED) is 0.0425. The molecule has 0 aromatic heterocycles. The van der Waals surface area contributed by atoms with Gasteiger partial charge in [-0.3, -0.25) is 59.1 Å². The van der Waals surface area contributed by atoms with Crippen molar-refractivity contribution < 1.29 is 62.7 Å². The van der Waals surface area contributed by atoms with Gasteiger partial charge in [0.05, 0.1) is 18.5 Å². The molecule has 0 bridgehead atoms. The van der Waals surface area contributed by atoms with Crippen molar-refractivity contribution in [3.63, 3.8) is 0 Å². The highest BCUT2D eigenvalue weighted by Crippen LogP contribution is 2.42. The van der Waals surface area contributed by atoms with Crippen molar-refractivity contribution >= 4 is 88.5 Å². The van der Waals surface area contributed by atoms with E-state index in [4.69, 9.17) is 42.4 Å². The summed E-state index contributed by atoms with van der Waals surface area (Å²) in [5, 5.41) is 39.9. The van der Waals surface area contributed by atoms with Crippen molar-refractivity contribution in [2.45, 2.75) is 223 Å². The molecule has 6 heterocycles. The Balaban J connectivity index is 0.000000168.